The van der Waals surface area contributed by atoms with Gasteiger partial charge in [0.1, 0.15) is 24.4 Å². The number of carbonyl (C=O) groups excluding carboxylic acids is 1. The second kappa shape index (κ2) is 7.72. The summed E-state index contributed by atoms with van der Waals surface area (Å²) in [6.45, 7) is -0.780. The van der Waals surface area contributed by atoms with Crippen molar-refractivity contribution in [2.24, 2.45) is 5.10 Å². The zero-order chi connectivity index (χ0) is 15.1. The molecule has 0 spiro atoms. The van der Waals surface area contributed by atoms with Crippen molar-refractivity contribution >= 4 is 12.1 Å². The number of hydrogen-bond donors (Lipinski definition) is 6. The van der Waals surface area contributed by atoms with Gasteiger partial charge in [0.25, 0.3) is 0 Å². The molecule has 1 aromatic heterocycles. The van der Waals surface area contributed by atoms with Crippen molar-refractivity contribution in [2.45, 2.75) is 24.4 Å². The van der Waals surface area contributed by atoms with Crippen molar-refractivity contribution in [3.8, 4) is 0 Å². The van der Waals surface area contributed by atoms with E-state index in [4.69, 9.17) is 14.6 Å². The van der Waals surface area contributed by atoms with Crippen LogP contribution in [0.3, 0.4) is 0 Å². The Labute approximate surface area is 113 Å². The standard InChI is InChI=1S/C11H16N2O7/c14-5-7(16)10(18)9(17)6(15)4-12-13-11(19)8-2-1-3-20-8/h1-4,6-7,9-10,14-18H,5H2,(H,13,19)/b12-4-/t6-,7+,9-,10+/m0/s1. The van der Waals surface area contributed by atoms with Crippen LogP contribution < -0.4 is 5.43 Å². The minimum Gasteiger partial charge on any atom is -0.459 e. The Balaban J connectivity index is 2.47. The molecule has 0 unspecified atom stereocenters. The van der Waals surface area contributed by atoms with Gasteiger partial charge in [0.15, 0.2) is 5.76 Å². The topological polar surface area (TPSA) is 156 Å². The number of hydrogen-bond acceptors (Lipinski definition) is 8. The van der Waals surface area contributed by atoms with Crippen LogP contribution in [0.15, 0.2) is 27.9 Å². The van der Waals surface area contributed by atoms with Crippen LogP contribution >= 0.6 is 0 Å². The average Bonchev–Trinajstić information content (AvgIpc) is 2.98. The Morgan fingerprint density at radius 2 is 2.05 bits per heavy atom. The number of aliphatic hydroxyl groups is 5. The zero-order valence-corrected chi connectivity index (χ0v) is 10.3. The average molecular weight is 288 g/mol. The van der Waals surface area contributed by atoms with Crippen LogP contribution in [0.1, 0.15) is 10.6 Å². The van der Waals surface area contributed by atoms with Gasteiger partial charge in [-0.3, -0.25) is 4.79 Å². The molecular weight excluding hydrogens is 272 g/mol. The molecule has 0 radical (unpaired) electrons. The van der Waals surface area contributed by atoms with Crippen molar-refractivity contribution in [1.29, 1.82) is 0 Å². The highest BCUT2D eigenvalue weighted by Crippen LogP contribution is 2.04. The number of rotatable bonds is 7. The Kier molecular flexibility index (Phi) is 6.28. The van der Waals surface area contributed by atoms with E-state index in [2.05, 4.69) is 5.10 Å². The lowest BCUT2D eigenvalue weighted by Crippen LogP contribution is -2.46. The molecule has 0 fully saturated rings. The van der Waals surface area contributed by atoms with Crippen molar-refractivity contribution in [1.82, 2.24) is 5.43 Å². The minimum atomic E-state index is -1.78. The molecule has 0 aromatic carbocycles. The highest BCUT2D eigenvalue weighted by Gasteiger charge is 2.29. The van der Waals surface area contributed by atoms with E-state index < -0.39 is 36.9 Å². The third-order valence-electron chi connectivity index (χ3n) is 2.42. The highest BCUT2D eigenvalue weighted by molar-refractivity contribution is 5.91. The molecule has 1 heterocycles. The first kappa shape index (κ1) is 16.3. The molecule has 6 N–H and O–H groups in total. The molecule has 0 aliphatic heterocycles. The maximum atomic E-state index is 11.4. The first-order valence-electron chi connectivity index (χ1n) is 5.67. The number of nitrogens with zero attached hydrogens (tertiary/aromatic N) is 1. The fourth-order valence-electron chi connectivity index (χ4n) is 1.26. The summed E-state index contributed by atoms with van der Waals surface area (Å²) in [5, 5.41) is 49.3. The largest absolute Gasteiger partial charge is 0.459 e. The van der Waals surface area contributed by atoms with Crippen LogP contribution in [-0.2, 0) is 0 Å². The van der Waals surface area contributed by atoms with Gasteiger partial charge in [0.05, 0.1) is 19.1 Å². The summed E-state index contributed by atoms with van der Waals surface area (Å²) >= 11 is 0. The van der Waals surface area contributed by atoms with E-state index in [0.717, 1.165) is 6.21 Å². The molecule has 9 nitrogen and oxygen atoms in total. The summed E-state index contributed by atoms with van der Waals surface area (Å²) in [6, 6.07) is 2.90. The van der Waals surface area contributed by atoms with Crippen LogP contribution in [0.4, 0.5) is 0 Å². The monoisotopic (exact) mass is 288 g/mol. The number of amides is 1. The summed E-state index contributed by atoms with van der Waals surface area (Å²) in [5.41, 5.74) is 2.03. The molecule has 1 rings (SSSR count). The van der Waals surface area contributed by atoms with E-state index in [1.807, 2.05) is 5.43 Å². The number of hydrazone groups is 1. The van der Waals surface area contributed by atoms with Gasteiger partial charge in [0, 0.05) is 0 Å². The number of furan rings is 1. The maximum Gasteiger partial charge on any atom is 0.307 e. The second-order valence-corrected chi connectivity index (χ2v) is 3.92. The molecule has 9 heteroatoms. The molecule has 20 heavy (non-hydrogen) atoms. The molecule has 0 saturated carbocycles. The van der Waals surface area contributed by atoms with Gasteiger partial charge in [-0.15, -0.1) is 0 Å². The lowest BCUT2D eigenvalue weighted by molar-refractivity contribution is -0.0999. The van der Waals surface area contributed by atoms with Crippen LogP contribution in [-0.4, -0.2) is 68.7 Å². The van der Waals surface area contributed by atoms with Crippen LogP contribution in [0.25, 0.3) is 0 Å². The van der Waals surface area contributed by atoms with Gasteiger partial charge in [-0.2, -0.15) is 5.10 Å². The molecule has 0 aliphatic rings. The van der Waals surface area contributed by atoms with E-state index >= 15 is 0 Å². The van der Waals surface area contributed by atoms with Crippen molar-refractivity contribution in [2.75, 3.05) is 6.61 Å². The van der Waals surface area contributed by atoms with Crippen LogP contribution in [0.2, 0.25) is 0 Å². The quantitative estimate of drug-likeness (QED) is 0.238. The molecule has 0 bridgehead atoms. The normalized spacial score (nSPS) is 17.6. The maximum absolute atomic E-state index is 11.4. The summed E-state index contributed by atoms with van der Waals surface area (Å²) < 4.78 is 4.79. The smallest absolute Gasteiger partial charge is 0.307 e. The van der Waals surface area contributed by atoms with Gasteiger partial charge < -0.3 is 29.9 Å². The summed E-state index contributed by atoms with van der Waals surface area (Å²) in [7, 11) is 0. The van der Waals surface area contributed by atoms with E-state index in [1.54, 1.807) is 0 Å². The van der Waals surface area contributed by atoms with Gasteiger partial charge in [-0.05, 0) is 12.1 Å². The Bertz CT molecular complexity index is 434. The van der Waals surface area contributed by atoms with E-state index in [0.29, 0.717) is 0 Å². The lowest BCUT2D eigenvalue weighted by atomic mass is 10.0. The van der Waals surface area contributed by atoms with Crippen LogP contribution in [0, 0.1) is 0 Å². The number of aliphatic hydroxyl groups excluding tert-OH is 5. The summed E-state index contributed by atoms with van der Waals surface area (Å²) in [5.74, 6) is -0.656. The van der Waals surface area contributed by atoms with Crippen molar-refractivity contribution < 1.29 is 34.7 Å². The molecule has 0 saturated heterocycles. The zero-order valence-electron chi connectivity index (χ0n) is 10.3. The predicted molar refractivity (Wildman–Crippen MR) is 65.8 cm³/mol. The van der Waals surface area contributed by atoms with Gasteiger partial charge in [-0.1, -0.05) is 0 Å². The van der Waals surface area contributed by atoms with Crippen molar-refractivity contribution in [3.05, 3.63) is 24.2 Å². The second-order valence-electron chi connectivity index (χ2n) is 3.92. The number of carbonyl (C=O) groups is 1. The van der Waals surface area contributed by atoms with Gasteiger partial charge in [0.2, 0.25) is 0 Å². The summed E-state index contributed by atoms with van der Waals surface area (Å²) in [4.78, 5) is 11.4. The van der Waals surface area contributed by atoms with E-state index in [1.165, 1.54) is 18.4 Å². The molecular formula is C11H16N2O7. The van der Waals surface area contributed by atoms with Gasteiger partial charge >= 0.3 is 5.91 Å². The molecule has 4 atom stereocenters. The van der Waals surface area contributed by atoms with Crippen LogP contribution in [0.5, 0.6) is 0 Å². The van der Waals surface area contributed by atoms with Crippen molar-refractivity contribution in [3.63, 3.8) is 0 Å². The fourth-order valence-corrected chi connectivity index (χ4v) is 1.26. The third-order valence-corrected chi connectivity index (χ3v) is 2.42. The Morgan fingerprint density at radius 3 is 2.60 bits per heavy atom. The molecule has 0 aliphatic carbocycles. The molecule has 1 amide bonds. The first-order chi connectivity index (χ1) is 9.47. The lowest BCUT2D eigenvalue weighted by Gasteiger charge is -2.23. The molecule has 1 aromatic rings. The predicted octanol–water partition coefficient (Wildman–Crippen LogP) is -2.57. The third kappa shape index (κ3) is 4.40. The van der Waals surface area contributed by atoms with E-state index in [-0.39, 0.29) is 5.76 Å². The fraction of sp³-hybridized carbons (Fsp3) is 0.455. The number of nitrogens with one attached hydrogen (secondary N) is 1. The Hall–Kier alpha value is -1.78. The molecule has 112 valence electrons. The minimum absolute atomic E-state index is 0.00734. The first-order valence-corrected chi connectivity index (χ1v) is 5.67. The van der Waals surface area contributed by atoms with E-state index in [9.17, 15) is 20.1 Å². The SMILES string of the molecule is O=C(N/N=C\[C@H](O)[C@H](O)[C@H](O)[C@H](O)CO)c1ccco1. The van der Waals surface area contributed by atoms with Gasteiger partial charge in [-0.25, -0.2) is 5.43 Å². The summed E-state index contributed by atoms with van der Waals surface area (Å²) in [6.07, 6.45) is -4.74. The highest BCUT2D eigenvalue weighted by atomic mass is 16.4. The Morgan fingerprint density at radius 1 is 1.35 bits per heavy atom.